The molecule has 0 spiro atoms. The van der Waals surface area contributed by atoms with Crippen molar-refractivity contribution in [3.63, 3.8) is 0 Å². The van der Waals surface area contributed by atoms with Crippen molar-refractivity contribution < 1.29 is 14.7 Å². The molecule has 21 heavy (non-hydrogen) atoms. The van der Waals surface area contributed by atoms with Gasteiger partial charge in [-0.1, -0.05) is 18.9 Å². The first kappa shape index (κ1) is 15.3. The lowest BCUT2D eigenvalue weighted by Gasteiger charge is -2.12. The first-order valence-corrected chi connectivity index (χ1v) is 7.36. The predicted octanol–water partition coefficient (Wildman–Crippen LogP) is 3.61. The maximum Gasteiger partial charge on any atom is 0.328 e. The van der Waals surface area contributed by atoms with Gasteiger partial charge in [-0.25, -0.2) is 4.79 Å². The summed E-state index contributed by atoms with van der Waals surface area (Å²) in [6, 6.07) is 5.49. The van der Waals surface area contributed by atoms with Crippen LogP contribution in [0.25, 0.3) is 6.08 Å². The lowest BCUT2D eigenvalue weighted by molar-refractivity contribution is -0.131. The van der Waals surface area contributed by atoms with Crippen LogP contribution in [-0.2, 0) is 9.59 Å². The molecule has 112 valence electrons. The molecule has 1 aliphatic rings. The number of anilines is 1. The van der Waals surface area contributed by atoms with Crippen LogP contribution in [0.15, 0.2) is 24.3 Å². The molecule has 0 heterocycles. The Labute approximate surface area is 124 Å². The van der Waals surface area contributed by atoms with Crippen molar-refractivity contribution in [1.29, 1.82) is 0 Å². The van der Waals surface area contributed by atoms with Crippen LogP contribution in [0.5, 0.6) is 0 Å². The van der Waals surface area contributed by atoms with Gasteiger partial charge in [0.2, 0.25) is 5.91 Å². The number of amides is 1. The van der Waals surface area contributed by atoms with Crippen molar-refractivity contribution in [3.05, 3.63) is 35.4 Å². The minimum absolute atomic E-state index is 0.0684. The number of hydrogen-bond donors (Lipinski definition) is 2. The van der Waals surface area contributed by atoms with Gasteiger partial charge in [0.1, 0.15) is 0 Å². The second kappa shape index (κ2) is 7.07. The summed E-state index contributed by atoms with van der Waals surface area (Å²) >= 11 is 0. The largest absolute Gasteiger partial charge is 0.478 e. The fraction of sp³-hybridized carbons (Fsp3) is 0.412. The van der Waals surface area contributed by atoms with Crippen molar-refractivity contribution in [3.8, 4) is 0 Å². The zero-order valence-electron chi connectivity index (χ0n) is 12.3. The van der Waals surface area contributed by atoms with E-state index in [4.69, 9.17) is 5.11 Å². The summed E-state index contributed by atoms with van der Waals surface area (Å²) in [4.78, 5) is 22.5. The van der Waals surface area contributed by atoms with Crippen molar-refractivity contribution in [2.45, 2.75) is 39.0 Å². The molecule has 1 fully saturated rings. The molecule has 0 radical (unpaired) electrons. The summed E-state index contributed by atoms with van der Waals surface area (Å²) in [6.07, 6.45) is 8.03. The molecular weight excluding hydrogens is 266 g/mol. The van der Waals surface area contributed by atoms with E-state index in [1.807, 2.05) is 19.1 Å². The number of aryl methyl sites for hydroxylation is 1. The number of rotatable bonds is 5. The normalized spacial score (nSPS) is 15.5. The highest BCUT2D eigenvalue weighted by atomic mass is 16.4. The zero-order valence-corrected chi connectivity index (χ0v) is 12.3. The fourth-order valence-corrected chi connectivity index (χ4v) is 2.78. The lowest BCUT2D eigenvalue weighted by Crippen LogP contribution is -2.15. The highest BCUT2D eigenvalue weighted by Crippen LogP contribution is 2.28. The van der Waals surface area contributed by atoms with Crippen LogP contribution >= 0.6 is 0 Å². The average molecular weight is 287 g/mol. The average Bonchev–Trinajstić information content (AvgIpc) is 2.92. The molecule has 1 aliphatic carbocycles. The minimum atomic E-state index is -0.971. The summed E-state index contributed by atoms with van der Waals surface area (Å²) < 4.78 is 0. The molecule has 0 unspecified atom stereocenters. The quantitative estimate of drug-likeness (QED) is 0.813. The van der Waals surface area contributed by atoms with Gasteiger partial charge in [0, 0.05) is 18.2 Å². The van der Waals surface area contributed by atoms with Crippen LogP contribution in [0.4, 0.5) is 5.69 Å². The van der Waals surface area contributed by atoms with E-state index < -0.39 is 5.97 Å². The number of carbonyl (C=O) groups is 2. The maximum absolute atomic E-state index is 12.0. The molecule has 0 saturated heterocycles. The molecule has 2 N–H and O–H groups in total. The predicted molar refractivity (Wildman–Crippen MR) is 83.1 cm³/mol. The first-order valence-electron chi connectivity index (χ1n) is 7.36. The van der Waals surface area contributed by atoms with Crippen molar-refractivity contribution in [1.82, 2.24) is 0 Å². The second-order valence-corrected chi connectivity index (χ2v) is 5.65. The molecule has 1 aromatic rings. The lowest BCUT2D eigenvalue weighted by atomic mass is 10.0. The van der Waals surface area contributed by atoms with E-state index >= 15 is 0 Å². The highest BCUT2D eigenvalue weighted by molar-refractivity contribution is 5.92. The fourth-order valence-electron chi connectivity index (χ4n) is 2.78. The Balaban J connectivity index is 1.96. The third-order valence-electron chi connectivity index (χ3n) is 3.89. The monoisotopic (exact) mass is 287 g/mol. The molecule has 4 heteroatoms. The summed E-state index contributed by atoms with van der Waals surface area (Å²) in [5.74, 6) is -0.372. The number of carboxylic acids is 1. The van der Waals surface area contributed by atoms with E-state index in [0.717, 1.165) is 35.7 Å². The zero-order chi connectivity index (χ0) is 15.2. The Hall–Kier alpha value is -2.10. The van der Waals surface area contributed by atoms with Crippen LogP contribution in [-0.4, -0.2) is 17.0 Å². The molecular formula is C17H21NO3. The molecule has 0 aromatic heterocycles. The molecule has 1 aromatic carbocycles. The van der Waals surface area contributed by atoms with E-state index in [0.29, 0.717) is 12.3 Å². The van der Waals surface area contributed by atoms with Gasteiger partial charge >= 0.3 is 5.97 Å². The molecule has 0 bridgehead atoms. The number of carbonyl (C=O) groups excluding carboxylic acids is 1. The van der Waals surface area contributed by atoms with Crippen LogP contribution < -0.4 is 5.32 Å². The number of nitrogens with one attached hydrogen (secondary N) is 1. The molecule has 1 saturated carbocycles. The van der Waals surface area contributed by atoms with Crippen LogP contribution in [0.3, 0.4) is 0 Å². The van der Waals surface area contributed by atoms with E-state index in [1.54, 1.807) is 12.1 Å². The number of aliphatic carboxylic acids is 1. The molecule has 0 aliphatic heterocycles. The SMILES string of the molecule is Cc1cc(C=CC(=O)O)ccc1NC(=O)CC1CCCC1. The Morgan fingerprint density at radius 3 is 2.67 bits per heavy atom. The van der Waals surface area contributed by atoms with E-state index in [1.165, 1.54) is 12.8 Å². The van der Waals surface area contributed by atoms with E-state index in [-0.39, 0.29) is 5.91 Å². The summed E-state index contributed by atoms with van der Waals surface area (Å²) in [5.41, 5.74) is 2.54. The number of benzene rings is 1. The Morgan fingerprint density at radius 2 is 2.05 bits per heavy atom. The van der Waals surface area contributed by atoms with Gasteiger partial charge in [0.05, 0.1) is 0 Å². The standard InChI is InChI=1S/C17H21NO3/c1-12-10-14(7-9-17(20)21)6-8-15(12)18-16(19)11-13-4-2-3-5-13/h6-10,13H,2-5,11H2,1H3,(H,18,19)(H,20,21). The van der Waals surface area contributed by atoms with Crippen molar-refractivity contribution in [2.75, 3.05) is 5.32 Å². The third kappa shape index (κ3) is 4.74. The molecule has 0 atom stereocenters. The number of carboxylic acid groups (broad SMARTS) is 1. The van der Waals surface area contributed by atoms with Gasteiger partial charge < -0.3 is 10.4 Å². The smallest absolute Gasteiger partial charge is 0.328 e. The van der Waals surface area contributed by atoms with Gasteiger partial charge in [0.15, 0.2) is 0 Å². The molecule has 4 nitrogen and oxygen atoms in total. The summed E-state index contributed by atoms with van der Waals surface area (Å²) in [7, 11) is 0. The Bertz CT molecular complexity index is 557. The Kier molecular flexibility index (Phi) is 5.14. The van der Waals surface area contributed by atoms with E-state index in [2.05, 4.69) is 5.32 Å². The Morgan fingerprint density at radius 1 is 1.33 bits per heavy atom. The van der Waals surface area contributed by atoms with Crippen molar-refractivity contribution in [2.24, 2.45) is 5.92 Å². The van der Waals surface area contributed by atoms with Crippen LogP contribution in [0.2, 0.25) is 0 Å². The van der Waals surface area contributed by atoms with E-state index in [9.17, 15) is 9.59 Å². The second-order valence-electron chi connectivity index (χ2n) is 5.65. The van der Waals surface area contributed by atoms with Gasteiger partial charge in [-0.2, -0.15) is 0 Å². The van der Waals surface area contributed by atoms with Gasteiger partial charge in [0.25, 0.3) is 0 Å². The maximum atomic E-state index is 12.0. The minimum Gasteiger partial charge on any atom is -0.478 e. The highest BCUT2D eigenvalue weighted by Gasteiger charge is 2.18. The summed E-state index contributed by atoms with van der Waals surface area (Å²) in [6.45, 7) is 1.91. The molecule has 1 amide bonds. The van der Waals surface area contributed by atoms with Gasteiger partial charge in [-0.05, 0) is 55.0 Å². The first-order chi connectivity index (χ1) is 10.0. The van der Waals surface area contributed by atoms with Crippen molar-refractivity contribution >= 4 is 23.6 Å². The number of hydrogen-bond acceptors (Lipinski definition) is 2. The van der Waals surface area contributed by atoms with Gasteiger partial charge in [-0.3, -0.25) is 4.79 Å². The molecule has 2 rings (SSSR count). The topological polar surface area (TPSA) is 66.4 Å². The third-order valence-corrected chi connectivity index (χ3v) is 3.89. The van der Waals surface area contributed by atoms with Crippen LogP contribution in [0, 0.1) is 12.8 Å². The van der Waals surface area contributed by atoms with Gasteiger partial charge in [-0.15, -0.1) is 0 Å². The van der Waals surface area contributed by atoms with Crippen LogP contribution in [0.1, 0.15) is 43.2 Å². The summed E-state index contributed by atoms with van der Waals surface area (Å²) in [5, 5.41) is 11.6.